The minimum absolute atomic E-state index is 0.385. The van der Waals surface area contributed by atoms with Crippen molar-refractivity contribution in [3.63, 3.8) is 0 Å². The third kappa shape index (κ3) is 3.14. The SMILES string of the molecule is Cc1cnc(Cc2ccc(Cl)cc2Cl)nc1CCl. The van der Waals surface area contributed by atoms with Crippen molar-refractivity contribution in [3.8, 4) is 0 Å². The van der Waals surface area contributed by atoms with Gasteiger partial charge in [0.25, 0.3) is 0 Å². The molecule has 0 bridgehead atoms. The number of benzene rings is 1. The van der Waals surface area contributed by atoms with Gasteiger partial charge in [-0.3, -0.25) is 0 Å². The highest BCUT2D eigenvalue weighted by Crippen LogP contribution is 2.22. The molecule has 2 rings (SSSR count). The van der Waals surface area contributed by atoms with Crippen LogP contribution in [0.1, 0.15) is 22.6 Å². The number of rotatable bonds is 3. The molecule has 18 heavy (non-hydrogen) atoms. The van der Waals surface area contributed by atoms with Crippen molar-refractivity contribution in [1.29, 1.82) is 0 Å². The van der Waals surface area contributed by atoms with Gasteiger partial charge in [0, 0.05) is 22.7 Å². The minimum Gasteiger partial charge on any atom is -0.241 e. The number of hydrogen-bond acceptors (Lipinski definition) is 2. The molecule has 5 heteroatoms. The van der Waals surface area contributed by atoms with Crippen LogP contribution in [0.15, 0.2) is 24.4 Å². The summed E-state index contributed by atoms with van der Waals surface area (Å²) in [5, 5.41) is 1.24. The zero-order chi connectivity index (χ0) is 13.1. The topological polar surface area (TPSA) is 25.8 Å². The monoisotopic (exact) mass is 300 g/mol. The molecule has 2 nitrogen and oxygen atoms in total. The second-order valence-electron chi connectivity index (χ2n) is 3.96. The fourth-order valence-corrected chi connectivity index (χ4v) is 2.32. The van der Waals surface area contributed by atoms with Crippen molar-refractivity contribution < 1.29 is 0 Å². The van der Waals surface area contributed by atoms with Gasteiger partial charge in [0.2, 0.25) is 0 Å². The number of nitrogens with zero attached hydrogens (tertiary/aromatic N) is 2. The Kier molecular flexibility index (Phi) is 4.44. The second kappa shape index (κ2) is 5.87. The van der Waals surface area contributed by atoms with Gasteiger partial charge in [-0.25, -0.2) is 9.97 Å². The van der Waals surface area contributed by atoms with Crippen LogP contribution in [0.2, 0.25) is 10.0 Å². The molecule has 0 radical (unpaired) electrons. The first-order valence-electron chi connectivity index (χ1n) is 5.41. The molecule has 94 valence electrons. The maximum atomic E-state index is 6.12. The van der Waals surface area contributed by atoms with Crippen LogP contribution in [0.4, 0.5) is 0 Å². The van der Waals surface area contributed by atoms with Crippen molar-refractivity contribution in [2.24, 2.45) is 0 Å². The summed E-state index contributed by atoms with van der Waals surface area (Å²) in [6.45, 7) is 1.94. The minimum atomic E-state index is 0.385. The molecular formula is C13H11Cl3N2. The molecule has 0 amide bonds. The molecule has 0 aliphatic heterocycles. The Balaban J connectivity index is 2.28. The predicted molar refractivity (Wildman–Crippen MR) is 75.6 cm³/mol. The van der Waals surface area contributed by atoms with E-state index < -0.39 is 0 Å². The van der Waals surface area contributed by atoms with E-state index in [0.717, 1.165) is 16.8 Å². The first kappa shape index (κ1) is 13.6. The number of halogens is 3. The van der Waals surface area contributed by atoms with E-state index in [-0.39, 0.29) is 0 Å². The third-order valence-electron chi connectivity index (χ3n) is 2.62. The Morgan fingerprint density at radius 3 is 2.67 bits per heavy atom. The fraction of sp³-hybridized carbons (Fsp3) is 0.231. The highest BCUT2D eigenvalue weighted by atomic mass is 35.5. The first-order valence-corrected chi connectivity index (χ1v) is 6.70. The molecular weight excluding hydrogens is 291 g/mol. The zero-order valence-electron chi connectivity index (χ0n) is 9.75. The van der Waals surface area contributed by atoms with E-state index in [4.69, 9.17) is 34.8 Å². The molecule has 1 aromatic carbocycles. The summed E-state index contributed by atoms with van der Waals surface area (Å²) in [7, 11) is 0. The van der Waals surface area contributed by atoms with Crippen LogP contribution in [0.5, 0.6) is 0 Å². The Morgan fingerprint density at radius 1 is 1.22 bits per heavy atom. The molecule has 0 atom stereocenters. The van der Waals surface area contributed by atoms with Crippen LogP contribution in [0, 0.1) is 6.92 Å². The van der Waals surface area contributed by atoms with E-state index in [9.17, 15) is 0 Å². The lowest BCUT2D eigenvalue weighted by molar-refractivity contribution is 0.920. The Labute approximate surface area is 121 Å². The van der Waals surface area contributed by atoms with Gasteiger partial charge in [-0.2, -0.15) is 0 Å². The van der Waals surface area contributed by atoms with Crippen molar-refractivity contribution in [3.05, 3.63) is 57.1 Å². The quantitative estimate of drug-likeness (QED) is 0.784. The Bertz CT molecular complexity index is 570. The van der Waals surface area contributed by atoms with Gasteiger partial charge in [-0.05, 0) is 30.2 Å². The number of hydrogen-bond donors (Lipinski definition) is 0. The summed E-state index contributed by atoms with van der Waals surface area (Å²) in [6, 6.07) is 5.41. The summed E-state index contributed by atoms with van der Waals surface area (Å²) >= 11 is 17.8. The van der Waals surface area contributed by atoms with Crippen LogP contribution in [-0.2, 0) is 12.3 Å². The Hall–Kier alpha value is -0.830. The first-order chi connectivity index (χ1) is 8.60. The summed E-state index contributed by atoms with van der Waals surface area (Å²) in [6.07, 6.45) is 2.35. The highest BCUT2D eigenvalue weighted by molar-refractivity contribution is 6.35. The van der Waals surface area contributed by atoms with Crippen LogP contribution in [0.25, 0.3) is 0 Å². The van der Waals surface area contributed by atoms with Gasteiger partial charge in [0.15, 0.2) is 0 Å². The molecule has 0 unspecified atom stereocenters. The van der Waals surface area contributed by atoms with Crippen LogP contribution < -0.4 is 0 Å². The molecule has 0 N–H and O–H groups in total. The van der Waals surface area contributed by atoms with Crippen molar-refractivity contribution >= 4 is 34.8 Å². The van der Waals surface area contributed by atoms with Gasteiger partial charge in [-0.15, -0.1) is 11.6 Å². The number of aryl methyl sites for hydroxylation is 1. The van der Waals surface area contributed by atoms with E-state index in [1.165, 1.54) is 0 Å². The lowest BCUT2D eigenvalue weighted by atomic mass is 10.1. The third-order valence-corrected chi connectivity index (χ3v) is 3.46. The van der Waals surface area contributed by atoms with E-state index in [1.54, 1.807) is 18.3 Å². The summed E-state index contributed by atoms with van der Waals surface area (Å²) < 4.78 is 0. The smallest absolute Gasteiger partial charge is 0.133 e. The Morgan fingerprint density at radius 2 is 2.00 bits per heavy atom. The standard InChI is InChI=1S/C13H11Cl3N2/c1-8-7-17-13(18-12(8)6-14)4-9-2-3-10(15)5-11(9)16/h2-3,5,7H,4,6H2,1H3. The van der Waals surface area contributed by atoms with Gasteiger partial charge < -0.3 is 0 Å². The second-order valence-corrected chi connectivity index (χ2v) is 5.07. The summed E-state index contributed by atoms with van der Waals surface area (Å²) in [5.41, 5.74) is 2.80. The maximum Gasteiger partial charge on any atom is 0.133 e. The zero-order valence-corrected chi connectivity index (χ0v) is 12.0. The van der Waals surface area contributed by atoms with Crippen molar-refractivity contribution in [2.75, 3.05) is 0 Å². The number of alkyl halides is 1. The number of aromatic nitrogens is 2. The summed E-state index contributed by atoms with van der Waals surface area (Å²) in [5.74, 6) is 1.09. The maximum absolute atomic E-state index is 6.12. The molecule has 0 aliphatic carbocycles. The molecule has 2 aromatic rings. The predicted octanol–water partition coefficient (Wildman–Crippen LogP) is 4.42. The highest BCUT2D eigenvalue weighted by Gasteiger charge is 2.07. The van der Waals surface area contributed by atoms with Crippen LogP contribution in [0.3, 0.4) is 0 Å². The van der Waals surface area contributed by atoms with Gasteiger partial charge in [0.1, 0.15) is 5.82 Å². The van der Waals surface area contributed by atoms with Crippen LogP contribution >= 0.6 is 34.8 Å². The van der Waals surface area contributed by atoms with Crippen molar-refractivity contribution in [1.82, 2.24) is 9.97 Å². The van der Waals surface area contributed by atoms with Crippen LogP contribution in [-0.4, -0.2) is 9.97 Å². The van der Waals surface area contributed by atoms with Gasteiger partial charge in [-0.1, -0.05) is 29.3 Å². The largest absolute Gasteiger partial charge is 0.241 e. The summed E-state index contributed by atoms with van der Waals surface area (Å²) in [4.78, 5) is 8.70. The molecule has 1 aromatic heterocycles. The molecule has 0 saturated carbocycles. The van der Waals surface area contributed by atoms with E-state index in [2.05, 4.69) is 9.97 Å². The normalized spacial score (nSPS) is 10.7. The van der Waals surface area contributed by atoms with E-state index in [1.807, 2.05) is 13.0 Å². The average molecular weight is 302 g/mol. The molecule has 0 spiro atoms. The lowest BCUT2D eigenvalue weighted by Gasteiger charge is -2.06. The lowest BCUT2D eigenvalue weighted by Crippen LogP contribution is -2.01. The fourth-order valence-electron chi connectivity index (χ4n) is 1.57. The molecule has 0 aliphatic rings. The average Bonchev–Trinajstić information content (AvgIpc) is 2.35. The molecule has 0 saturated heterocycles. The van der Waals surface area contributed by atoms with E-state index in [0.29, 0.717) is 28.2 Å². The molecule has 0 fully saturated rings. The molecule has 1 heterocycles. The van der Waals surface area contributed by atoms with Gasteiger partial charge in [0.05, 0.1) is 11.6 Å². The van der Waals surface area contributed by atoms with E-state index >= 15 is 0 Å². The van der Waals surface area contributed by atoms with Gasteiger partial charge >= 0.3 is 0 Å². The van der Waals surface area contributed by atoms with Crippen molar-refractivity contribution in [2.45, 2.75) is 19.2 Å².